The minimum absolute atomic E-state index is 0.140. The van der Waals surface area contributed by atoms with E-state index in [-0.39, 0.29) is 11.7 Å². The molecule has 1 atom stereocenters. The summed E-state index contributed by atoms with van der Waals surface area (Å²) in [6.45, 7) is 14.0. The van der Waals surface area contributed by atoms with E-state index in [0.717, 1.165) is 77.2 Å². The lowest BCUT2D eigenvalue weighted by molar-refractivity contribution is 0.343. The molecular weight excluding hydrogens is 413 g/mol. The van der Waals surface area contributed by atoms with Gasteiger partial charge in [0, 0.05) is 29.2 Å². The molecule has 3 heterocycles. The number of halogens is 1. The van der Waals surface area contributed by atoms with Crippen LogP contribution in [0, 0.1) is 19.7 Å². The molecule has 0 bridgehead atoms. The fourth-order valence-electron chi connectivity index (χ4n) is 4.92. The van der Waals surface area contributed by atoms with Crippen LogP contribution in [0.2, 0.25) is 0 Å². The molecule has 2 N–H and O–H groups in total. The summed E-state index contributed by atoms with van der Waals surface area (Å²) in [5, 5.41) is 11.4. The van der Waals surface area contributed by atoms with E-state index in [1.165, 1.54) is 0 Å². The summed E-state index contributed by atoms with van der Waals surface area (Å²) in [5.74, 6) is 0.788. The first-order chi connectivity index (χ1) is 15.8. The van der Waals surface area contributed by atoms with Gasteiger partial charge in [0.25, 0.3) is 0 Å². The minimum atomic E-state index is -0.153. The first-order valence-electron chi connectivity index (χ1n) is 11.8. The van der Waals surface area contributed by atoms with Gasteiger partial charge in [0.1, 0.15) is 11.6 Å². The lowest BCUT2D eigenvalue weighted by Crippen LogP contribution is -2.29. The molecule has 6 heteroatoms. The first kappa shape index (κ1) is 23.2. The number of nitrogens with one attached hydrogen (secondary N) is 2. The molecule has 4 rings (SSSR count). The Bertz CT molecular complexity index is 1140. The van der Waals surface area contributed by atoms with Crippen LogP contribution in [-0.4, -0.2) is 27.9 Å². The van der Waals surface area contributed by atoms with E-state index in [0.29, 0.717) is 6.04 Å². The van der Waals surface area contributed by atoms with Crippen molar-refractivity contribution < 1.29 is 4.39 Å². The summed E-state index contributed by atoms with van der Waals surface area (Å²) in [6, 6.07) is 6.04. The van der Waals surface area contributed by atoms with Crippen LogP contribution in [0.3, 0.4) is 0 Å². The Kier molecular flexibility index (Phi) is 6.94. The molecule has 0 unspecified atom stereocenters. The van der Waals surface area contributed by atoms with Crippen molar-refractivity contribution in [1.29, 1.82) is 0 Å². The maximum absolute atomic E-state index is 14.3. The van der Waals surface area contributed by atoms with Crippen LogP contribution < -0.4 is 10.6 Å². The van der Waals surface area contributed by atoms with Gasteiger partial charge in [-0.25, -0.2) is 9.37 Å². The highest BCUT2D eigenvalue weighted by molar-refractivity contribution is 5.65. The van der Waals surface area contributed by atoms with Crippen molar-refractivity contribution in [3.05, 3.63) is 77.1 Å². The molecule has 174 valence electrons. The van der Waals surface area contributed by atoms with E-state index >= 15 is 0 Å². The summed E-state index contributed by atoms with van der Waals surface area (Å²) in [5.41, 5.74) is 6.93. The van der Waals surface area contributed by atoms with E-state index in [2.05, 4.69) is 53.1 Å². The average Bonchev–Trinajstić information content (AvgIpc) is 3.28. The van der Waals surface area contributed by atoms with Gasteiger partial charge in [-0.1, -0.05) is 19.6 Å². The molecule has 1 aliphatic heterocycles. The predicted molar refractivity (Wildman–Crippen MR) is 133 cm³/mol. The van der Waals surface area contributed by atoms with Crippen molar-refractivity contribution in [2.75, 3.05) is 18.4 Å². The topological polar surface area (TPSA) is 54.8 Å². The average molecular weight is 448 g/mol. The number of allylic oxidation sites excluding steroid dienone is 1. The third-order valence-corrected chi connectivity index (χ3v) is 6.60. The molecule has 1 fully saturated rings. The van der Waals surface area contributed by atoms with E-state index < -0.39 is 0 Å². The largest absolute Gasteiger partial charge is 0.344 e. The SMILES string of the molecule is C=C(C)Nc1ncc(-c2cnn(C3CCNCC3)c2)cc1C[C@@H](C)c1c(C)ccc(F)c1C. The third-order valence-electron chi connectivity index (χ3n) is 6.60. The highest BCUT2D eigenvalue weighted by atomic mass is 19.1. The number of rotatable bonds is 7. The second-order valence-electron chi connectivity index (χ2n) is 9.34. The zero-order valence-corrected chi connectivity index (χ0v) is 20.1. The number of anilines is 1. The standard InChI is InChI=1S/C27H34FN5/c1-17(2)32-27-21(12-19(4)26-18(3)6-7-25(28)20(26)5)13-22(14-30-27)23-15-31-33(16-23)24-8-10-29-11-9-24/h6-7,13-16,19,24,29H,1,8-12H2,2-5H3,(H,30,32)/t19-/m1/s1. The summed E-state index contributed by atoms with van der Waals surface area (Å²) in [4.78, 5) is 4.73. The van der Waals surface area contributed by atoms with E-state index in [1.807, 2.05) is 32.3 Å². The molecule has 2 aromatic heterocycles. The van der Waals surface area contributed by atoms with Crippen molar-refractivity contribution in [3.8, 4) is 11.1 Å². The zero-order valence-electron chi connectivity index (χ0n) is 20.1. The van der Waals surface area contributed by atoms with Gasteiger partial charge in [-0.15, -0.1) is 0 Å². The molecule has 0 aliphatic carbocycles. The number of piperidine rings is 1. The van der Waals surface area contributed by atoms with E-state index in [4.69, 9.17) is 4.98 Å². The maximum atomic E-state index is 14.3. The molecule has 0 saturated carbocycles. The fraction of sp³-hybridized carbons (Fsp3) is 0.407. The lowest BCUT2D eigenvalue weighted by Gasteiger charge is -2.22. The molecule has 0 radical (unpaired) electrons. The number of hydrogen-bond donors (Lipinski definition) is 2. The molecule has 1 aromatic carbocycles. The van der Waals surface area contributed by atoms with Crippen LogP contribution >= 0.6 is 0 Å². The maximum Gasteiger partial charge on any atom is 0.133 e. The zero-order chi connectivity index (χ0) is 23.5. The van der Waals surface area contributed by atoms with Crippen LogP contribution in [0.25, 0.3) is 11.1 Å². The summed E-state index contributed by atoms with van der Waals surface area (Å²) in [7, 11) is 0. The minimum Gasteiger partial charge on any atom is -0.344 e. The smallest absolute Gasteiger partial charge is 0.133 e. The van der Waals surface area contributed by atoms with Gasteiger partial charge in [-0.3, -0.25) is 4.68 Å². The molecule has 33 heavy (non-hydrogen) atoms. The van der Waals surface area contributed by atoms with Gasteiger partial charge in [0.2, 0.25) is 0 Å². The fourth-order valence-corrected chi connectivity index (χ4v) is 4.92. The number of benzene rings is 1. The van der Waals surface area contributed by atoms with Gasteiger partial charge < -0.3 is 10.6 Å². The molecule has 1 saturated heterocycles. The van der Waals surface area contributed by atoms with Gasteiger partial charge >= 0.3 is 0 Å². The first-order valence-corrected chi connectivity index (χ1v) is 11.8. The third kappa shape index (κ3) is 5.17. The Morgan fingerprint density at radius 3 is 2.73 bits per heavy atom. The molecule has 1 aliphatic rings. The Morgan fingerprint density at radius 2 is 2.00 bits per heavy atom. The Labute approximate surface area is 196 Å². The monoisotopic (exact) mass is 447 g/mol. The van der Waals surface area contributed by atoms with Crippen LogP contribution in [-0.2, 0) is 6.42 Å². The summed E-state index contributed by atoms with van der Waals surface area (Å²) in [6.07, 6.45) is 8.88. The number of aromatic nitrogens is 3. The van der Waals surface area contributed by atoms with Crippen LogP contribution in [0.15, 0.2) is 49.1 Å². The van der Waals surface area contributed by atoms with Crippen molar-refractivity contribution in [2.24, 2.45) is 0 Å². The summed E-state index contributed by atoms with van der Waals surface area (Å²) >= 11 is 0. The van der Waals surface area contributed by atoms with Crippen LogP contribution in [0.1, 0.15) is 60.9 Å². The Hall–Kier alpha value is -2.99. The lowest BCUT2D eigenvalue weighted by atomic mass is 9.87. The second kappa shape index (κ2) is 9.87. The second-order valence-corrected chi connectivity index (χ2v) is 9.34. The van der Waals surface area contributed by atoms with Gasteiger partial charge in [0.15, 0.2) is 0 Å². The highest BCUT2D eigenvalue weighted by Gasteiger charge is 2.19. The molecule has 5 nitrogen and oxygen atoms in total. The summed E-state index contributed by atoms with van der Waals surface area (Å²) < 4.78 is 16.4. The van der Waals surface area contributed by atoms with E-state index in [1.54, 1.807) is 6.07 Å². The normalized spacial score (nSPS) is 15.4. The van der Waals surface area contributed by atoms with Crippen LogP contribution in [0.4, 0.5) is 10.2 Å². The number of hydrogen-bond acceptors (Lipinski definition) is 4. The van der Waals surface area contributed by atoms with Gasteiger partial charge in [0.05, 0.1) is 12.2 Å². The Morgan fingerprint density at radius 1 is 1.24 bits per heavy atom. The quantitative estimate of drug-likeness (QED) is 0.472. The van der Waals surface area contributed by atoms with Gasteiger partial charge in [-0.05, 0) is 93.4 Å². The van der Waals surface area contributed by atoms with E-state index in [9.17, 15) is 4.39 Å². The van der Waals surface area contributed by atoms with Crippen molar-refractivity contribution in [2.45, 2.75) is 58.9 Å². The van der Waals surface area contributed by atoms with Crippen molar-refractivity contribution >= 4 is 5.82 Å². The molecule has 0 spiro atoms. The Balaban J connectivity index is 1.65. The number of nitrogens with zero attached hydrogens (tertiary/aromatic N) is 3. The van der Waals surface area contributed by atoms with Crippen molar-refractivity contribution in [3.63, 3.8) is 0 Å². The molecular formula is C27H34FN5. The van der Waals surface area contributed by atoms with Gasteiger partial charge in [-0.2, -0.15) is 5.10 Å². The number of aryl methyl sites for hydroxylation is 1. The molecule has 3 aromatic rings. The molecule has 0 amide bonds. The highest BCUT2D eigenvalue weighted by Crippen LogP contribution is 2.32. The predicted octanol–water partition coefficient (Wildman–Crippen LogP) is 5.92. The van der Waals surface area contributed by atoms with Crippen LogP contribution in [0.5, 0.6) is 0 Å². The van der Waals surface area contributed by atoms with Crippen molar-refractivity contribution in [1.82, 2.24) is 20.1 Å². The number of pyridine rings is 1.